The average molecular weight is 231 g/mol. The number of anilines is 2. The van der Waals surface area contributed by atoms with E-state index in [0.717, 1.165) is 15.6 Å². The smallest absolute Gasteiger partial charge is 0.169 e. The summed E-state index contributed by atoms with van der Waals surface area (Å²) in [6.45, 7) is 1.60. The van der Waals surface area contributed by atoms with Crippen molar-refractivity contribution in [2.45, 2.75) is 6.92 Å². The van der Waals surface area contributed by atoms with Crippen LogP contribution >= 0.6 is 11.3 Å². The van der Waals surface area contributed by atoms with Crippen LogP contribution in [-0.2, 0) is 0 Å². The molecule has 1 aromatic heterocycles. The lowest BCUT2D eigenvalue weighted by molar-refractivity contribution is 0.102. The topological polar surface area (TPSA) is 20.3 Å². The molecule has 2 aromatic rings. The molecule has 2 nitrogen and oxygen atoms in total. The first-order chi connectivity index (χ1) is 7.68. The highest BCUT2D eigenvalue weighted by atomic mass is 32.1. The molecule has 0 aliphatic carbocycles. The van der Waals surface area contributed by atoms with E-state index in [9.17, 15) is 4.79 Å². The summed E-state index contributed by atoms with van der Waals surface area (Å²) >= 11 is 1.52. The van der Waals surface area contributed by atoms with Gasteiger partial charge in [-0.2, -0.15) is 0 Å². The van der Waals surface area contributed by atoms with Crippen molar-refractivity contribution in [1.29, 1.82) is 0 Å². The van der Waals surface area contributed by atoms with Gasteiger partial charge in [0.15, 0.2) is 5.78 Å². The molecular weight excluding hydrogens is 218 g/mol. The third kappa shape index (κ3) is 2.14. The van der Waals surface area contributed by atoms with Gasteiger partial charge >= 0.3 is 0 Å². The Kier molecular flexibility index (Phi) is 3.06. The third-order valence-corrected chi connectivity index (χ3v) is 3.68. The number of carbonyl (C=O) groups excluding carboxylic acids is 1. The summed E-state index contributed by atoms with van der Waals surface area (Å²) in [6.07, 6.45) is 0. The number of ketones is 1. The Labute approximate surface area is 99.1 Å². The Morgan fingerprint density at radius 3 is 2.38 bits per heavy atom. The maximum atomic E-state index is 11.2. The molecule has 0 spiro atoms. The fraction of sp³-hybridized carbons (Fsp3) is 0.154. The molecule has 0 saturated heterocycles. The molecule has 0 fully saturated rings. The first-order valence-electron chi connectivity index (χ1n) is 5.08. The first kappa shape index (κ1) is 10.9. The van der Waals surface area contributed by atoms with Crippen LogP contribution in [0.25, 0.3) is 0 Å². The summed E-state index contributed by atoms with van der Waals surface area (Å²) in [5, 5.41) is 1.08. The van der Waals surface area contributed by atoms with Crippen molar-refractivity contribution >= 4 is 27.8 Å². The summed E-state index contributed by atoms with van der Waals surface area (Å²) in [5.74, 6) is 0.123. The Bertz CT molecular complexity index is 490. The number of hydrogen-bond acceptors (Lipinski definition) is 3. The number of para-hydroxylation sites is 1. The van der Waals surface area contributed by atoms with Crippen LogP contribution in [0.1, 0.15) is 16.6 Å². The van der Waals surface area contributed by atoms with E-state index in [-0.39, 0.29) is 5.78 Å². The fourth-order valence-electron chi connectivity index (χ4n) is 1.48. The van der Waals surface area contributed by atoms with Gasteiger partial charge in [-0.15, -0.1) is 11.3 Å². The van der Waals surface area contributed by atoms with Crippen LogP contribution < -0.4 is 4.90 Å². The zero-order valence-corrected chi connectivity index (χ0v) is 10.1. The number of benzene rings is 1. The lowest BCUT2D eigenvalue weighted by Gasteiger charge is -2.16. The molecule has 0 aliphatic heterocycles. The predicted molar refractivity (Wildman–Crippen MR) is 68.8 cm³/mol. The Morgan fingerprint density at radius 1 is 1.12 bits per heavy atom. The van der Waals surface area contributed by atoms with Crippen LogP contribution in [0.5, 0.6) is 0 Å². The molecule has 1 heterocycles. The molecule has 82 valence electrons. The normalized spacial score (nSPS) is 10.1. The number of nitrogens with zero attached hydrogens (tertiary/aromatic N) is 1. The van der Waals surface area contributed by atoms with Gasteiger partial charge in [0.2, 0.25) is 0 Å². The Morgan fingerprint density at radius 2 is 1.81 bits per heavy atom. The maximum Gasteiger partial charge on any atom is 0.169 e. The van der Waals surface area contributed by atoms with E-state index in [1.165, 1.54) is 11.3 Å². The lowest BCUT2D eigenvalue weighted by atomic mass is 10.3. The minimum absolute atomic E-state index is 0.123. The largest absolute Gasteiger partial charge is 0.336 e. The van der Waals surface area contributed by atoms with Gasteiger partial charge in [0.1, 0.15) is 0 Å². The van der Waals surface area contributed by atoms with Crippen LogP contribution in [0.3, 0.4) is 0 Å². The molecule has 16 heavy (non-hydrogen) atoms. The van der Waals surface area contributed by atoms with Gasteiger partial charge in [-0.05, 0) is 31.2 Å². The first-order valence-corrected chi connectivity index (χ1v) is 5.89. The number of carbonyl (C=O) groups is 1. The highest BCUT2D eigenvalue weighted by Gasteiger charge is 2.08. The second-order valence-corrected chi connectivity index (χ2v) is 4.65. The zero-order chi connectivity index (χ0) is 11.5. The molecule has 0 unspecified atom stereocenters. The van der Waals surface area contributed by atoms with Gasteiger partial charge in [-0.1, -0.05) is 18.2 Å². The molecule has 1 aromatic carbocycles. The highest BCUT2D eigenvalue weighted by molar-refractivity contribution is 7.18. The van der Waals surface area contributed by atoms with E-state index in [1.807, 2.05) is 49.5 Å². The van der Waals surface area contributed by atoms with E-state index in [0.29, 0.717) is 0 Å². The van der Waals surface area contributed by atoms with Crippen molar-refractivity contribution in [3.05, 3.63) is 47.3 Å². The van der Waals surface area contributed by atoms with Crippen molar-refractivity contribution in [2.24, 2.45) is 0 Å². The van der Waals surface area contributed by atoms with Crippen molar-refractivity contribution in [3.63, 3.8) is 0 Å². The lowest BCUT2D eigenvalue weighted by Crippen LogP contribution is -2.06. The van der Waals surface area contributed by atoms with Crippen molar-refractivity contribution in [2.75, 3.05) is 11.9 Å². The second-order valence-electron chi connectivity index (χ2n) is 3.59. The SMILES string of the molecule is CC(=O)c1ccc(N(C)c2ccccc2)s1. The molecule has 0 radical (unpaired) electrons. The number of thiophene rings is 1. The zero-order valence-electron chi connectivity index (χ0n) is 9.31. The van der Waals surface area contributed by atoms with Gasteiger partial charge in [0.25, 0.3) is 0 Å². The standard InChI is InChI=1S/C13H13NOS/c1-10(15)12-8-9-13(16-12)14(2)11-6-4-3-5-7-11/h3-9H,1-2H3. The second kappa shape index (κ2) is 4.49. The Balaban J connectivity index is 2.27. The van der Waals surface area contributed by atoms with Gasteiger partial charge in [-0.25, -0.2) is 0 Å². The number of Topliss-reactive ketones (excluding diaryl/α,β-unsaturated/α-hetero) is 1. The molecule has 0 bridgehead atoms. The van der Waals surface area contributed by atoms with E-state index in [1.54, 1.807) is 6.92 Å². The molecule has 0 aliphatic rings. The monoisotopic (exact) mass is 231 g/mol. The summed E-state index contributed by atoms with van der Waals surface area (Å²) in [4.78, 5) is 14.1. The van der Waals surface area contributed by atoms with Crippen molar-refractivity contribution in [1.82, 2.24) is 0 Å². The van der Waals surface area contributed by atoms with Gasteiger partial charge in [0, 0.05) is 12.7 Å². The van der Waals surface area contributed by atoms with E-state index in [4.69, 9.17) is 0 Å². The van der Waals surface area contributed by atoms with Gasteiger partial charge in [-0.3, -0.25) is 4.79 Å². The van der Waals surface area contributed by atoms with E-state index in [2.05, 4.69) is 4.90 Å². The quantitative estimate of drug-likeness (QED) is 0.750. The van der Waals surface area contributed by atoms with Crippen molar-refractivity contribution < 1.29 is 4.79 Å². The molecule has 0 saturated carbocycles. The summed E-state index contributed by atoms with van der Waals surface area (Å²) < 4.78 is 0. The van der Waals surface area contributed by atoms with E-state index < -0.39 is 0 Å². The molecule has 3 heteroatoms. The average Bonchev–Trinajstić information content (AvgIpc) is 2.78. The number of rotatable bonds is 3. The third-order valence-electron chi connectivity index (χ3n) is 2.41. The van der Waals surface area contributed by atoms with Crippen LogP contribution in [0, 0.1) is 0 Å². The van der Waals surface area contributed by atoms with Crippen LogP contribution in [0.15, 0.2) is 42.5 Å². The molecule has 0 N–H and O–H groups in total. The molecule has 2 rings (SSSR count). The molecular formula is C13H13NOS. The van der Waals surface area contributed by atoms with E-state index >= 15 is 0 Å². The summed E-state index contributed by atoms with van der Waals surface area (Å²) in [7, 11) is 2.01. The minimum Gasteiger partial charge on any atom is -0.336 e. The number of hydrogen-bond donors (Lipinski definition) is 0. The molecule has 0 amide bonds. The van der Waals surface area contributed by atoms with Crippen LogP contribution in [0.4, 0.5) is 10.7 Å². The van der Waals surface area contributed by atoms with Gasteiger partial charge in [0.05, 0.1) is 9.88 Å². The highest BCUT2D eigenvalue weighted by Crippen LogP contribution is 2.30. The van der Waals surface area contributed by atoms with Crippen molar-refractivity contribution in [3.8, 4) is 0 Å². The maximum absolute atomic E-state index is 11.2. The summed E-state index contributed by atoms with van der Waals surface area (Å²) in [6, 6.07) is 14.0. The van der Waals surface area contributed by atoms with Gasteiger partial charge < -0.3 is 4.90 Å². The summed E-state index contributed by atoms with van der Waals surface area (Å²) in [5.41, 5.74) is 1.12. The Hall–Kier alpha value is -1.61. The van der Waals surface area contributed by atoms with Crippen LogP contribution in [-0.4, -0.2) is 12.8 Å². The predicted octanol–water partition coefficient (Wildman–Crippen LogP) is 3.72. The molecule has 0 atom stereocenters. The fourth-order valence-corrected chi connectivity index (χ4v) is 2.36. The van der Waals surface area contributed by atoms with Crippen LogP contribution in [0.2, 0.25) is 0 Å². The minimum atomic E-state index is 0.123.